The Balaban J connectivity index is 1.73. The van der Waals surface area contributed by atoms with E-state index in [4.69, 9.17) is 10.2 Å². The van der Waals surface area contributed by atoms with Gasteiger partial charge in [-0.05, 0) is 48.0 Å². The van der Waals surface area contributed by atoms with E-state index in [0.29, 0.717) is 6.42 Å². The molecule has 3 heterocycles. The van der Waals surface area contributed by atoms with E-state index in [1.807, 2.05) is 73.7 Å². The number of benzene rings is 2. The Morgan fingerprint density at radius 3 is 2.48 bits per heavy atom. The molecule has 0 bridgehead atoms. The van der Waals surface area contributed by atoms with Crippen molar-refractivity contribution in [2.75, 3.05) is 19.0 Å². The molecular weight excluding hydrogens is 408 g/mol. The van der Waals surface area contributed by atoms with Crippen molar-refractivity contribution < 1.29 is 0 Å². The summed E-state index contributed by atoms with van der Waals surface area (Å²) in [6.45, 7) is 0. The maximum atomic E-state index is 9.00. The van der Waals surface area contributed by atoms with Crippen molar-refractivity contribution in [2.24, 2.45) is 0 Å². The van der Waals surface area contributed by atoms with Crippen LogP contribution in [0.15, 0.2) is 73.2 Å². The first-order valence-electron chi connectivity index (χ1n) is 10.5. The van der Waals surface area contributed by atoms with E-state index in [1.165, 1.54) is 0 Å². The maximum absolute atomic E-state index is 9.00. The fourth-order valence-corrected chi connectivity index (χ4v) is 3.80. The summed E-state index contributed by atoms with van der Waals surface area (Å²) in [6.07, 6.45) is 5.69. The summed E-state index contributed by atoms with van der Waals surface area (Å²) in [5.41, 5.74) is 6.38. The molecule has 0 amide bonds. The summed E-state index contributed by atoms with van der Waals surface area (Å²) in [7, 11) is 3.95. The van der Waals surface area contributed by atoms with E-state index in [9.17, 15) is 0 Å². The molecule has 0 aliphatic heterocycles. The van der Waals surface area contributed by atoms with Crippen LogP contribution in [0.1, 0.15) is 16.7 Å². The number of aromatic nitrogens is 4. The molecule has 6 heteroatoms. The van der Waals surface area contributed by atoms with Crippen molar-refractivity contribution in [1.82, 2.24) is 19.5 Å². The number of imidazole rings is 1. The van der Waals surface area contributed by atoms with Gasteiger partial charge in [-0.15, -0.1) is 0 Å². The number of nitrogens with zero attached hydrogens (tertiary/aromatic N) is 6. The van der Waals surface area contributed by atoms with Crippen LogP contribution in [-0.2, 0) is 6.42 Å². The third-order valence-corrected chi connectivity index (χ3v) is 5.35. The standard InChI is InChI=1S/C27H20N6/c1-32(2)27-31-25-18-30-24-12-9-20(5-6-21-4-3-15-29-17-21)16-23(24)26(25)33(27)22-10-7-19(8-11-22)13-14-28/h3-4,7-12,15-18H,13H2,1-2H3. The molecule has 0 N–H and O–H groups in total. The zero-order valence-electron chi connectivity index (χ0n) is 18.3. The SMILES string of the molecule is CN(C)c1nc2cnc3ccc(C#Cc4cccnc4)cc3c2n1-c1ccc(CC#N)cc1. The largest absolute Gasteiger partial charge is 0.348 e. The quantitative estimate of drug-likeness (QED) is 0.396. The second-order valence-electron chi connectivity index (χ2n) is 7.86. The monoisotopic (exact) mass is 428 g/mol. The number of hydrogen-bond donors (Lipinski definition) is 0. The van der Waals surface area contributed by atoms with E-state index in [0.717, 1.165) is 50.3 Å². The van der Waals surface area contributed by atoms with Gasteiger partial charge in [0, 0.05) is 48.7 Å². The predicted molar refractivity (Wildman–Crippen MR) is 130 cm³/mol. The van der Waals surface area contributed by atoms with E-state index in [-0.39, 0.29) is 0 Å². The van der Waals surface area contributed by atoms with Crippen molar-refractivity contribution in [3.8, 4) is 23.6 Å². The number of pyridine rings is 2. The lowest BCUT2D eigenvalue weighted by Gasteiger charge is -2.16. The number of hydrogen-bond acceptors (Lipinski definition) is 5. The molecule has 158 valence electrons. The Morgan fingerprint density at radius 2 is 1.76 bits per heavy atom. The minimum atomic E-state index is 0.386. The fourth-order valence-electron chi connectivity index (χ4n) is 3.80. The summed E-state index contributed by atoms with van der Waals surface area (Å²) < 4.78 is 2.13. The molecule has 33 heavy (non-hydrogen) atoms. The lowest BCUT2D eigenvalue weighted by Crippen LogP contribution is -2.14. The van der Waals surface area contributed by atoms with Gasteiger partial charge in [0.2, 0.25) is 5.95 Å². The van der Waals surface area contributed by atoms with Gasteiger partial charge in [-0.1, -0.05) is 24.0 Å². The van der Waals surface area contributed by atoms with Gasteiger partial charge in [-0.2, -0.15) is 5.26 Å². The molecule has 5 aromatic rings. The molecule has 6 nitrogen and oxygen atoms in total. The first-order chi connectivity index (χ1) is 16.1. The van der Waals surface area contributed by atoms with E-state index in [2.05, 4.69) is 38.5 Å². The van der Waals surface area contributed by atoms with Crippen molar-refractivity contribution in [1.29, 1.82) is 5.26 Å². The van der Waals surface area contributed by atoms with Crippen molar-refractivity contribution in [3.63, 3.8) is 0 Å². The van der Waals surface area contributed by atoms with Crippen LogP contribution in [0.2, 0.25) is 0 Å². The molecule has 0 fully saturated rings. The number of rotatable bonds is 3. The molecule has 0 saturated carbocycles. The van der Waals surface area contributed by atoms with E-state index < -0.39 is 0 Å². The molecule has 0 unspecified atom stereocenters. The Morgan fingerprint density at radius 1 is 0.939 bits per heavy atom. The molecule has 0 spiro atoms. The molecule has 2 aromatic carbocycles. The highest BCUT2D eigenvalue weighted by atomic mass is 15.3. The number of nitriles is 1. The van der Waals surface area contributed by atoms with Crippen LogP contribution in [0.3, 0.4) is 0 Å². The van der Waals surface area contributed by atoms with Gasteiger partial charge in [-0.25, -0.2) is 4.98 Å². The van der Waals surface area contributed by atoms with Gasteiger partial charge in [-0.3, -0.25) is 14.5 Å². The number of fused-ring (bicyclic) bond motifs is 3. The number of anilines is 1. The first kappa shape index (κ1) is 20.2. The molecule has 0 aliphatic rings. The van der Waals surface area contributed by atoms with Gasteiger partial charge in [0.25, 0.3) is 0 Å². The minimum absolute atomic E-state index is 0.386. The highest BCUT2D eigenvalue weighted by molar-refractivity contribution is 6.04. The molecule has 3 aromatic heterocycles. The fraction of sp³-hybridized carbons (Fsp3) is 0.111. The minimum Gasteiger partial charge on any atom is -0.348 e. The zero-order valence-corrected chi connectivity index (χ0v) is 18.3. The topological polar surface area (TPSA) is 70.6 Å². The molecule has 0 saturated heterocycles. The van der Waals surface area contributed by atoms with Gasteiger partial charge in [0.15, 0.2) is 0 Å². The average Bonchev–Trinajstić information content (AvgIpc) is 3.25. The van der Waals surface area contributed by atoms with Crippen LogP contribution in [0, 0.1) is 23.2 Å². The van der Waals surface area contributed by atoms with Gasteiger partial charge < -0.3 is 4.90 Å². The summed E-state index contributed by atoms with van der Waals surface area (Å²) >= 11 is 0. The molecule has 0 radical (unpaired) electrons. The second kappa shape index (κ2) is 8.45. The normalized spacial score (nSPS) is 10.6. The van der Waals surface area contributed by atoms with E-state index >= 15 is 0 Å². The predicted octanol–water partition coefficient (Wildman–Crippen LogP) is 4.50. The van der Waals surface area contributed by atoms with Gasteiger partial charge >= 0.3 is 0 Å². The van der Waals surface area contributed by atoms with Crippen LogP contribution < -0.4 is 4.90 Å². The Kier molecular flexibility index (Phi) is 5.18. The maximum Gasteiger partial charge on any atom is 0.210 e. The highest BCUT2D eigenvalue weighted by Crippen LogP contribution is 2.31. The summed E-state index contributed by atoms with van der Waals surface area (Å²) in [5.74, 6) is 7.22. The van der Waals surface area contributed by atoms with Crippen LogP contribution in [0.25, 0.3) is 27.6 Å². The lowest BCUT2D eigenvalue weighted by atomic mass is 10.1. The highest BCUT2D eigenvalue weighted by Gasteiger charge is 2.17. The molecule has 0 atom stereocenters. The van der Waals surface area contributed by atoms with Crippen molar-refractivity contribution in [3.05, 3.63) is 89.9 Å². The Hall–Kier alpha value is -4.68. The first-order valence-corrected chi connectivity index (χ1v) is 10.5. The van der Waals surface area contributed by atoms with Crippen molar-refractivity contribution in [2.45, 2.75) is 6.42 Å². The third kappa shape index (κ3) is 3.86. The average molecular weight is 428 g/mol. The zero-order chi connectivity index (χ0) is 22.8. The molecule has 0 aliphatic carbocycles. The smallest absolute Gasteiger partial charge is 0.210 e. The van der Waals surface area contributed by atoms with Crippen LogP contribution in [0.4, 0.5) is 5.95 Å². The summed E-state index contributed by atoms with van der Waals surface area (Å²) in [6, 6.07) is 20.1. The van der Waals surface area contributed by atoms with Crippen molar-refractivity contribution >= 4 is 27.9 Å². The van der Waals surface area contributed by atoms with Crippen LogP contribution in [0.5, 0.6) is 0 Å². The molecular formula is C27H20N6. The second-order valence-corrected chi connectivity index (χ2v) is 7.86. The summed E-state index contributed by atoms with van der Waals surface area (Å²) in [5, 5.41) is 9.98. The Labute approximate surface area is 191 Å². The third-order valence-electron chi connectivity index (χ3n) is 5.35. The van der Waals surface area contributed by atoms with Crippen LogP contribution >= 0.6 is 0 Å². The van der Waals surface area contributed by atoms with Gasteiger partial charge in [0.1, 0.15) is 5.52 Å². The van der Waals surface area contributed by atoms with Crippen LogP contribution in [-0.4, -0.2) is 33.6 Å². The lowest BCUT2D eigenvalue weighted by molar-refractivity contribution is 0.971. The summed E-state index contributed by atoms with van der Waals surface area (Å²) in [4.78, 5) is 15.6. The van der Waals surface area contributed by atoms with E-state index in [1.54, 1.807) is 12.4 Å². The molecule has 5 rings (SSSR count). The Bertz CT molecular complexity index is 1560. The van der Waals surface area contributed by atoms with Gasteiger partial charge in [0.05, 0.1) is 29.7 Å².